The molecule has 1 heteroatoms. The first-order valence-electron chi connectivity index (χ1n) is 7.62. The van der Waals surface area contributed by atoms with Crippen molar-refractivity contribution in [3.05, 3.63) is 77.4 Å². The highest BCUT2D eigenvalue weighted by Crippen LogP contribution is 2.31. The minimum absolute atomic E-state index is 1.02. The van der Waals surface area contributed by atoms with Gasteiger partial charge in [-0.2, -0.15) is 0 Å². The Labute approximate surface area is 125 Å². The topological polar surface area (TPSA) is 3.24 Å². The van der Waals surface area contributed by atoms with Crippen LogP contribution in [0.15, 0.2) is 60.7 Å². The third-order valence-electron chi connectivity index (χ3n) is 4.48. The van der Waals surface area contributed by atoms with E-state index in [0.717, 1.165) is 19.5 Å². The predicted octanol–water partition coefficient (Wildman–Crippen LogP) is 4.71. The van der Waals surface area contributed by atoms with E-state index in [4.69, 9.17) is 0 Å². The molecule has 0 aromatic heterocycles. The molecule has 0 bridgehead atoms. The summed E-state index contributed by atoms with van der Waals surface area (Å²) in [5.74, 6) is 0. The van der Waals surface area contributed by atoms with Crippen molar-refractivity contribution in [2.24, 2.45) is 0 Å². The Kier molecular flexibility index (Phi) is 2.92. The van der Waals surface area contributed by atoms with Crippen molar-refractivity contribution in [2.45, 2.75) is 19.9 Å². The van der Waals surface area contributed by atoms with Crippen molar-refractivity contribution in [1.29, 1.82) is 0 Å². The first-order valence-corrected chi connectivity index (χ1v) is 7.62. The second-order valence-electron chi connectivity index (χ2n) is 5.94. The fourth-order valence-electron chi connectivity index (χ4n) is 3.38. The number of anilines is 1. The van der Waals surface area contributed by atoms with Gasteiger partial charge in [-0.15, -0.1) is 0 Å². The van der Waals surface area contributed by atoms with Crippen molar-refractivity contribution in [3.8, 4) is 0 Å². The molecule has 1 aliphatic rings. The van der Waals surface area contributed by atoms with E-state index in [1.165, 1.54) is 33.2 Å². The molecule has 0 N–H and O–H groups in total. The summed E-state index contributed by atoms with van der Waals surface area (Å²) in [5, 5.41) is 2.68. The normalized spacial score (nSPS) is 14.2. The molecule has 4 rings (SSSR count). The second kappa shape index (κ2) is 4.92. The molecule has 0 fully saturated rings. The molecule has 0 saturated carbocycles. The molecule has 0 saturated heterocycles. The van der Waals surface area contributed by atoms with Crippen LogP contribution >= 0.6 is 0 Å². The van der Waals surface area contributed by atoms with Crippen molar-refractivity contribution >= 4 is 16.5 Å². The Morgan fingerprint density at radius 1 is 0.857 bits per heavy atom. The van der Waals surface area contributed by atoms with E-state index in [-0.39, 0.29) is 0 Å². The van der Waals surface area contributed by atoms with Gasteiger partial charge in [0.1, 0.15) is 0 Å². The van der Waals surface area contributed by atoms with E-state index in [1.54, 1.807) is 0 Å². The van der Waals surface area contributed by atoms with Crippen LogP contribution < -0.4 is 4.90 Å². The number of aryl methyl sites for hydroxylation is 1. The number of nitrogens with zero attached hydrogens (tertiary/aromatic N) is 1. The van der Waals surface area contributed by atoms with Gasteiger partial charge >= 0.3 is 0 Å². The molecular formula is C20H19N. The van der Waals surface area contributed by atoms with Crippen LogP contribution in [0.4, 0.5) is 5.69 Å². The first kappa shape index (κ1) is 12.5. The molecule has 0 aliphatic carbocycles. The summed E-state index contributed by atoms with van der Waals surface area (Å²) in [6.45, 7) is 4.30. The van der Waals surface area contributed by atoms with Gasteiger partial charge in [-0.1, -0.05) is 60.2 Å². The minimum atomic E-state index is 1.02. The van der Waals surface area contributed by atoms with Gasteiger partial charge in [-0.05, 0) is 35.9 Å². The molecule has 3 aromatic rings. The largest absolute Gasteiger partial charge is 0.366 e. The van der Waals surface area contributed by atoms with E-state index in [1.807, 2.05) is 0 Å². The third-order valence-corrected chi connectivity index (χ3v) is 4.48. The highest BCUT2D eigenvalue weighted by atomic mass is 15.1. The number of benzene rings is 3. The number of fused-ring (bicyclic) bond motifs is 2. The minimum Gasteiger partial charge on any atom is -0.366 e. The molecule has 0 radical (unpaired) electrons. The monoisotopic (exact) mass is 273 g/mol. The lowest BCUT2D eigenvalue weighted by Crippen LogP contribution is -2.30. The number of hydrogen-bond acceptors (Lipinski definition) is 1. The SMILES string of the molecule is Cc1ccc2c(c1)CN(c1cccc3ccccc13)CC2. The molecular weight excluding hydrogens is 254 g/mol. The van der Waals surface area contributed by atoms with E-state index < -0.39 is 0 Å². The first-order chi connectivity index (χ1) is 10.3. The van der Waals surface area contributed by atoms with Crippen LogP contribution in [0.5, 0.6) is 0 Å². The molecule has 0 atom stereocenters. The van der Waals surface area contributed by atoms with Gasteiger partial charge in [-0.3, -0.25) is 0 Å². The van der Waals surface area contributed by atoms with Crippen molar-refractivity contribution in [3.63, 3.8) is 0 Å². The maximum absolute atomic E-state index is 2.52. The summed E-state index contributed by atoms with van der Waals surface area (Å²) < 4.78 is 0. The summed E-state index contributed by atoms with van der Waals surface area (Å²) in [5.41, 5.74) is 5.71. The Balaban J connectivity index is 1.77. The van der Waals surface area contributed by atoms with Crippen LogP contribution in [-0.4, -0.2) is 6.54 Å². The molecule has 1 aliphatic heterocycles. The Morgan fingerprint density at radius 2 is 1.71 bits per heavy atom. The zero-order valence-corrected chi connectivity index (χ0v) is 12.3. The number of hydrogen-bond donors (Lipinski definition) is 0. The van der Waals surface area contributed by atoms with E-state index in [9.17, 15) is 0 Å². The second-order valence-corrected chi connectivity index (χ2v) is 5.94. The lowest BCUT2D eigenvalue weighted by atomic mass is 9.96. The third kappa shape index (κ3) is 2.19. The smallest absolute Gasteiger partial charge is 0.0449 e. The lowest BCUT2D eigenvalue weighted by molar-refractivity contribution is 0.733. The molecule has 3 aromatic carbocycles. The average Bonchev–Trinajstić information content (AvgIpc) is 2.53. The lowest BCUT2D eigenvalue weighted by Gasteiger charge is -2.32. The quantitative estimate of drug-likeness (QED) is 0.620. The van der Waals surface area contributed by atoms with Gasteiger partial charge in [0.15, 0.2) is 0 Å². The molecule has 21 heavy (non-hydrogen) atoms. The Bertz CT molecular complexity index is 799. The zero-order chi connectivity index (χ0) is 14.2. The molecule has 1 nitrogen and oxygen atoms in total. The van der Waals surface area contributed by atoms with Gasteiger partial charge in [0, 0.05) is 24.2 Å². The van der Waals surface area contributed by atoms with Gasteiger partial charge in [0.2, 0.25) is 0 Å². The van der Waals surface area contributed by atoms with Crippen LogP contribution in [0.2, 0.25) is 0 Å². The van der Waals surface area contributed by atoms with Crippen molar-refractivity contribution in [2.75, 3.05) is 11.4 Å². The summed E-state index contributed by atoms with van der Waals surface area (Å²) >= 11 is 0. The van der Waals surface area contributed by atoms with Crippen LogP contribution in [0, 0.1) is 6.92 Å². The summed E-state index contributed by atoms with van der Waals surface area (Å²) in [4.78, 5) is 2.52. The Hall–Kier alpha value is -2.28. The Morgan fingerprint density at radius 3 is 2.67 bits per heavy atom. The van der Waals surface area contributed by atoms with Gasteiger partial charge < -0.3 is 4.90 Å². The average molecular weight is 273 g/mol. The maximum atomic E-state index is 2.52. The van der Waals surface area contributed by atoms with Crippen LogP contribution in [0.25, 0.3) is 10.8 Å². The van der Waals surface area contributed by atoms with E-state index in [2.05, 4.69) is 72.5 Å². The standard InChI is InChI=1S/C20H19N/c1-15-9-10-16-11-12-21(14-18(16)13-15)20-8-4-6-17-5-2-3-7-19(17)20/h2-10,13H,11-12,14H2,1H3. The number of rotatable bonds is 1. The summed E-state index contributed by atoms with van der Waals surface area (Å²) in [7, 11) is 0. The highest BCUT2D eigenvalue weighted by Gasteiger charge is 2.17. The highest BCUT2D eigenvalue weighted by molar-refractivity contribution is 5.94. The molecule has 1 heterocycles. The molecule has 0 spiro atoms. The van der Waals surface area contributed by atoms with Crippen molar-refractivity contribution in [1.82, 2.24) is 0 Å². The van der Waals surface area contributed by atoms with E-state index in [0.29, 0.717) is 0 Å². The van der Waals surface area contributed by atoms with Gasteiger partial charge in [-0.25, -0.2) is 0 Å². The zero-order valence-electron chi connectivity index (χ0n) is 12.3. The van der Waals surface area contributed by atoms with Crippen LogP contribution in [-0.2, 0) is 13.0 Å². The van der Waals surface area contributed by atoms with Gasteiger partial charge in [0.05, 0.1) is 0 Å². The maximum Gasteiger partial charge on any atom is 0.0449 e. The fourth-order valence-corrected chi connectivity index (χ4v) is 3.38. The summed E-state index contributed by atoms with van der Waals surface area (Å²) in [6.07, 6.45) is 1.14. The molecule has 0 amide bonds. The van der Waals surface area contributed by atoms with Crippen LogP contribution in [0.3, 0.4) is 0 Å². The summed E-state index contributed by atoms with van der Waals surface area (Å²) in [6, 6.07) is 22.2. The van der Waals surface area contributed by atoms with Crippen molar-refractivity contribution < 1.29 is 0 Å². The van der Waals surface area contributed by atoms with Crippen LogP contribution in [0.1, 0.15) is 16.7 Å². The fraction of sp³-hybridized carbons (Fsp3) is 0.200. The molecule has 104 valence electrons. The predicted molar refractivity (Wildman–Crippen MR) is 89.9 cm³/mol. The molecule has 0 unspecified atom stereocenters. The van der Waals surface area contributed by atoms with Gasteiger partial charge in [0.25, 0.3) is 0 Å². The van der Waals surface area contributed by atoms with E-state index >= 15 is 0 Å².